The van der Waals surface area contributed by atoms with Crippen LogP contribution in [0.4, 0.5) is 4.79 Å². The number of imide groups is 1. The van der Waals surface area contributed by atoms with Gasteiger partial charge in [-0.05, 0) is 60.9 Å². The van der Waals surface area contributed by atoms with E-state index < -0.39 is 11.9 Å². The summed E-state index contributed by atoms with van der Waals surface area (Å²) < 4.78 is 12.7. The van der Waals surface area contributed by atoms with E-state index in [-0.39, 0.29) is 12.2 Å². The number of hydrogen-bond acceptors (Lipinski definition) is 4. The molecule has 3 aromatic carbocycles. The highest BCUT2D eigenvalue weighted by Gasteiger charge is 2.33. The van der Waals surface area contributed by atoms with Crippen molar-refractivity contribution in [2.24, 2.45) is 0 Å². The lowest BCUT2D eigenvalue weighted by Crippen LogP contribution is -2.30. The van der Waals surface area contributed by atoms with Gasteiger partial charge in [0.25, 0.3) is 5.91 Å². The molecule has 3 aromatic rings. The van der Waals surface area contributed by atoms with Crippen molar-refractivity contribution < 1.29 is 19.1 Å². The molecule has 35 heavy (non-hydrogen) atoms. The number of aryl methyl sites for hydroxylation is 1. The maximum Gasteiger partial charge on any atom is 0.329 e. The number of hydrogen-bond donors (Lipinski definition) is 1. The molecule has 0 aliphatic carbocycles. The van der Waals surface area contributed by atoms with E-state index in [1.807, 2.05) is 62.4 Å². The molecule has 0 atom stereocenters. The van der Waals surface area contributed by atoms with Gasteiger partial charge < -0.3 is 14.8 Å². The van der Waals surface area contributed by atoms with Crippen LogP contribution in [0.5, 0.6) is 11.5 Å². The highest BCUT2D eigenvalue weighted by molar-refractivity contribution is 9.10. The summed E-state index contributed by atoms with van der Waals surface area (Å²) >= 11 is 9.96. The van der Waals surface area contributed by atoms with Gasteiger partial charge in [0.15, 0.2) is 11.5 Å². The van der Waals surface area contributed by atoms with E-state index in [0.29, 0.717) is 35.3 Å². The quantitative estimate of drug-likeness (QED) is 0.255. The smallest absolute Gasteiger partial charge is 0.329 e. The van der Waals surface area contributed by atoms with Crippen molar-refractivity contribution in [2.45, 2.75) is 27.0 Å². The minimum atomic E-state index is -0.465. The Labute approximate surface area is 217 Å². The largest absolute Gasteiger partial charge is 0.490 e. The Bertz CT molecular complexity index is 1290. The van der Waals surface area contributed by atoms with Crippen LogP contribution in [-0.2, 0) is 17.9 Å². The van der Waals surface area contributed by atoms with Gasteiger partial charge in [-0.25, -0.2) is 4.79 Å². The van der Waals surface area contributed by atoms with Gasteiger partial charge in [-0.2, -0.15) is 0 Å². The number of amides is 3. The van der Waals surface area contributed by atoms with E-state index in [0.717, 1.165) is 21.2 Å². The maximum absolute atomic E-state index is 12.9. The Balaban J connectivity index is 1.55. The van der Waals surface area contributed by atoms with Gasteiger partial charge in [-0.15, -0.1) is 0 Å². The molecule has 1 heterocycles. The lowest BCUT2D eigenvalue weighted by Gasteiger charge is -2.15. The Kier molecular flexibility index (Phi) is 7.78. The molecule has 0 unspecified atom stereocenters. The predicted molar refractivity (Wildman–Crippen MR) is 139 cm³/mol. The molecule has 1 aliphatic heterocycles. The Morgan fingerprint density at radius 3 is 2.51 bits per heavy atom. The van der Waals surface area contributed by atoms with Crippen LogP contribution in [0.3, 0.4) is 0 Å². The predicted octanol–water partition coefficient (Wildman–Crippen LogP) is 6.48. The first-order chi connectivity index (χ1) is 16.8. The van der Waals surface area contributed by atoms with Crippen molar-refractivity contribution >= 4 is 45.5 Å². The number of rotatable bonds is 8. The number of nitrogens with zero attached hydrogens (tertiary/aromatic N) is 1. The third-order valence-corrected chi connectivity index (χ3v) is 6.13. The van der Waals surface area contributed by atoms with E-state index >= 15 is 0 Å². The third-order valence-electron chi connectivity index (χ3n) is 5.32. The van der Waals surface area contributed by atoms with Crippen LogP contribution in [0, 0.1) is 6.92 Å². The van der Waals surface area contributed by atoms with Gasteiger partial charge in [0.05, 0.1) is 18.2 Å². The van der Waals surface area contributed by atoms with E-state index in [4.69, 9.17) is 21.1 Å². The Morgan fingerprint density at radius 2 is 1.80 bits per heavy atom. The van der Waals surface area contributed by atoms with Crippen molar-refractivity contribution in [2.75, 3.05) is 6.61 Å². The zero-order valence-electron chi connectivity index (χ0n) is 19.3. The summed E-state index contributed by atoms with van der Waals surface area (Å²) in [5.74, 6) is 0.472. The van der Waals surface area contributed by atoms with Crippen LogP contribution in [0.2, 0.25) is 5.02 Å². The van der Waals surface area contributed by atoms with Crippen molar-refractivity contribution in [3.05, 3.63) is 98.1 Å². The minimum absolute atomic E-state index is 0.171. The number of carbonyl (C=O) groups is 2. The molecule has 8 heteroatoms. The van der Waals surface area contributed by atoms with Crippen LogP contribution in [0.25, 0.3) is 6.08 Å². The van der Waals surface area contributed by atoms with Gasteiger partial charge in [0, 0.05) is 4.47 Å². The normalized spacial score (nSPS) is 14.4. The molecule has 1 saturated heterocycles. The molecular formula is C27H24BrClN2O4. The summed E-state index contributed by atoms with van der Waals surface area (Å²) in [6.07, 6.45) is 1.59. The Morgan fingerprint density at radius 1 is 1.03 bits per heavy atom. The van der Waals surface area contributed by atoms with E-state index in [1.54, 1.807) is 18.2 Å². The van der Waals surface area contributed by atoms with Crippen LogP contribution in [0.15, 0.2) is 70.8 Å². The SMILES string of the molecule is CCOc1cc(/C=C2/NC(=O)N(Cc3cccc(C)c3)C2=O)cc(Cl)c1OCc1ccc(Br)cc1. The second-order valence-electron chi connectivity index (χ2n) is 8.05. The second kappa shape index (κ2) is 11.0. The third kappa shape index (κ3) is 6.05. The lowest BCUT2D eigenvalue weighted by atomic mass is 10.1. The fourth-order valence-corrected chi connectivity index (χ4v) is 4.22. The van der Waals surface area contributed by atoms with Crippen LogP contribution in [-0.4, -0.2) is 23.4 Å². The van der Waals surface area contributed by atoms with E-state index in [9.17, 15) is 9.59 Å². The molecule has 4 rings (SSSR count). The number of ether oxygens (including phenoxy) is 2. The molecule has 0 spiro atoms. The zero-order chi connectivity index (χ0) is 24.9. The van der Waals surface area contributed by atoms with Gasteiger partial charge in [-0.3, -0.25) is 9.69 Å². The molecule has 1 N–H and O–H groups in total. The second-order valence-corrected chi connectivity index (χ2v) is 9.37. The summed E-state index contributed by atoms with van der Waals surface area (Å²) in [6, 6.07) is 18.4. The van der Waals surface area contributed by atoms with Gasteiger partial charge >= 0.3 is 6.03 Å². The zero-order valence-corrected chi connectivity index (χ0v) is 21.7. The Hall–Kier alpha value is -3.29. The first-order valence-corrected chi connectivity index (χ1v) is 12.2. The molecule has 6 nitrogen and oxygen atoms in total. The average Bonchev–Trinajstić information content (AvgIpc) is 3.07. The fraction of sp³-hybridized carbons (Fsp3) is 0.185. The van der Waals surface area contributed by atoms with Crippen molar-refractivity contribution in [3.63, 3.8) is 0 Å². The summed E-state index contributed by atoms with van der Waals surface area (Å²) in [6.45, 7) is 4.74. The van der Waals surface area contributed by atoms with Gasteiger partial charge in [0.1, 0.15) is 12.3 Å². The molecule has 0 saturated carbocycles. The summed E-state index contributed by atoms with van der Waals surface area (Å²) in [5, 5.41) is 2.99. The highest BCUT2D eigenvalue weighted by Crippen LogP contribution is 2.38. The molecular weight excluding hydrogens is 532 g/mol. The fourth-order valence-electron chi connectivity index (χ4n) is 3.69. The molecule has 180 valence electrons. The molecule has 3 amide bonds. The van der Waals surface area contributed by atoms with Crippen LogP contribution < -0.4 is 14.8 Å². The average molecular weight is 556 g/mol. The minimum Gasteiger partial charge on any atom is -0.490 e. The number of benzene rings is 3. The molecule has 0 radical (unpaired) electrons. The number of halogens is 2. The van der Waals surface area contributed by atoms with Crippen LogP contribution in [0.1, 0.15) is 29.2 Å². The van der Waals surface area contributed by atoms with Crippen molar-refractivity contribution in [1.29, 1.82) is 0 Å². The van der Waals surface area contributed by atoms with E-state index in [1.165, 1.54) is 4.90 Å². The number of urea groups is 1. The van der Waals surface area contributed by atoms with Crippen molar-refractivity contribution in [3.8, 4) is 11.5 Å². The lowest BCUT2D eigenvalue weighted by molar-refractivity contribution is -0.123. The summed E-state index contributed by atoms with van der Waals surface area (Å²) in [7, 11) is 0. The molecule has 1 aliphatic rings. The van der Waals surface area contributed by atoms with Crippen molar-refractivity contribution in [1.82, 2.24) is 10.2 Å². The topological polar surface area (TPSA) is 67.9 Å². The molecule has 1 fully saturated rings. The standard InChI is InChI=1S/C27H24BrClN2O4/c1-3-34-24-14-20(12-22(29)25(24)35-16-18-7-9-21(28)10-8-18)13-23-26(32)31(27(33)30-23)15-19-6-4-5-17(2)11-19/h4-14H,3,15-16H2,1-2H3,(H,30,33)/b23-13+. The number of nitrogens with one attached hydrogen (secondary N) is 1. The molecule has 0 aromatic heterocycles. The summed E-state index contributed by atoms with van der Waals surface area (Å²) in [5.41, 5.74) is 3.70. The first kappa shape index (κ1) is 24.8. The van der Waals surface area contributed by atoms with Gasteiger partial charge in [-0.1, -0.05) is 69.5 Å². The maximum atomic E-state index is 12.9. The van der Waals surface area contributed by atoms with Gasteiger partial charge in [0.2, 0.25) is 0 Å². The first-order valence-electron chi connectivity index (χ1n) is 11.1. The summed E-state index contributed by atoms with van der Waals surface area (Å²) in [4.78, 5) is 26.6. The molecule has 0 bridgehead atoms. The van der Waals surface area contributed by atoms with E-state index in [2.05, 4.69) is 21.2 Å². The number of carbonyl (C=O) groups excluding carboxylic acids is 2. The monoisotopic (exact) mass is 554 g/mol. The van der Waals surface area contributed by atoms with Crippen LogP contribution >= 0.6 is 27.5 Å². The highest BCUT2D eigenvalue weighted by atomic mass is 79.9.